The summed E-state index contributed by atoms with van der Waals surface area (Å²) in [5, 5.41) is 3.78. The number of halogens is 2. The molecular formula is C19H23ClFNO2. The van der Waals surface area contributed by atoms with Gasteiger partial charge in [-0.1, -0.05) is 30.7 Å². The van der Waals surface area contributed by atoms with Gasteiger partial charge in [-0.05, 0) is 43.2 Å². The zero-order valence-electron chi connectivity index (χ0n) is 14.2. The lowest BCUT2D eigenvalue weighted by Gasteiger charge is -2.15. The summed E-state index contributed by atoms with van der Waals surface area (Å²) < 4.78 is 24.9. The topological polar surface area (TPSA) is 30.5 Å². The molecule has 1 atom stereocenters. The Morgan fingerprint density at radius 2 is 2.00 bits per heavy atom. The lowest BCUT2D eigenvalue weighted by Crippen LogP contribution is -2.24. The van der Waals surface area contributed by atoms with Crippen molar-refractivity contribution in [1.82, 2.24) is 5.32 Å². The van der Waals surface area contributed by atoms with E-state index in [0.717, 1.165) is 18.5 Å². The molecule has 0 radical (unpaired) electrons. The van der Waals surface area contributed by atoms with Crippen molar-refractivity contribution in [2.24, 2.45) is 0 Å². The van der Waals surface area contributed by atoms with Crippen LogP contribution >= 0.6 is 11.6 Å². The van der Waals surface area contributed by atoms with Crippen molar-refractivity contribution in [3.8, 4) is 11.5 Å². The Hall–Kier alpha value is -1.78. The van der Waals surface area contributed by atoms with Crippen LogP contribution in [0.3, 0.4) is 0 Å². The molecule has 130 valence electrons. The quantitative estimate of drug-likeness (QED) is 0.729. The molecule has 0 saturated carbocycles. The molecule has 2 rings (SSSR count). The maximum Gasteiger partial charge on any atom is 0.161 e. The van der Waals surface area contributed by atoms with Gasteiger partial charge < -0.3 is 14.8 Å². The van der Waals surface area contributed by atoms with E-state index in [9.17, 15) is 4.39 Å². The molecule has 0 aliphatic carbocycles. The molecule has 1 N–H and O–H groups in total. The third-order valence-corrected chi connectivity index (χ3v) is 4.28. The average Bonchev–Trinajstić information content (AvgIpc) is 2.59. The standard InChI is InChI=1S/C19H23ClFNO2/c1-4-13(2)22-11-14-8-9-18(19(10-14)23-3)24-12-15-16(20)6-5-7-17(15)21/h5-10,13,22H,4,11-12H2,1-3H3/t13-/m0/s1. The summed E-state index contributed by atoms with van der Waals surface area (Å²) in [7, 11) is 1.59. The van der Waals surface area contributed by atoms with Gasteiger partial charge in [0.15, 0.2) is 11.5 Å². The number of hydrogen-bond acceptors (Lipinski definition) is 3. The monoisotopic (exact) mass is 351 g/mol. The van der Waals surface area contributed by atoms with Crippen LogP contribution < -0.4 is 14.8 Å². The fourth-order valence-corrected chi connectivity index (χ4v) is 2.42. The Bertz CT molecular complexity index is 658. The van der Waals surface area contributed by atoms with E-state index in [2.05, 4.69) is 19.2 Å². The van der Waals surface area contributed by atoms with Crippen LogP contribution in [-0.4, -0.2) is 13.2 Å². The molecule has 2 aromatic carbocycles. The first kappa shape index (κ1) is 18.6. The highest BCUT2D eigenvalue weighted by atomic mass is 35.5. The third-order valence-electron chi connectivity index (χ3n) is 3.93. The summed E-state index contributed by atoms with van der Waals surface area (Å²) in [5.41, 5.74) is 1.44. The van der Waals surface area contributed by atoms with E-state index in [1.54, 1.807) is 19.2 Å². The number of benzene rings is 2. The molecule has 0 aromatic heterocycles. The van der Waals surface area contributed by atoms with Gasteiger partial charge >= 0.3 is 0 Å². The normalized spacial score (nSPS) is 12.0. The van der Waals surface area contributed by atoms with Crippen LogP contribution in [-0.2, 0) is 13.2 Å². The molecule has 2 aromatic rings. The van der Waals surface area contributed by atoms with E-state index in [-0.39, 0.29) is 12.4 Å². The SMILES string of the molecule is CC[C@H](C)NCc1ccc(OCc2c(F)cccc2Cl)c(OC)c1. The number of ether oxygens (including phenoxy) is 2. The molecule has 0 heterocycles. The molecule has 0 saturated heterocycles. The van der Waals surface area contributed by atoms with Crippen molar-refractivity contribution in [3.05, 3.63) is 58.4 Å². The highest BCUT2D eigenvalue weighted by Gasteiger charge is 2.11. The predicted octanol–water partition coefficient (Wildman–Crippen LogP) is 4.95. The van der Waals surface area contributed by atoms with E-state index in [1.165, 1.54) is 6.07 Å². The number of rotatable bonds is 8. The van der Waals surface area contributed by atoms with Gasteiger partial charge in [0.25, 0.3) is 0 Å². The lowest BCUT2D eigenvalue weighted by atomic mass is 10.1. The van der Waals surface area contributed by atoms with Crippen molar-refractivity contribution in [1.29, 1.82) is 0 Å². The van der Waals surface area contributed by atoms with Gasteiger partial charge in [0.1, 0.15) is 12.4 Å². The first-order valence-corrected chi connectivity index (χ1v) is 8.39. The summed E-state index contributed by atoms with van der Waals surface area (Å²) >= 11 is 6.02. The molecule has 0 amide bonds. The Kier molecular flexibility index (Phi) is 6.88. The largest absolute Gasteiger partial charge is 0.493 e. The van der Waals surface area contributed by atoms with E-state index < -0.39 is 0 Å². The highest BCUT2D eigenvalue weighted by Crippen LogP contribution is 2.30. The zero-order chi connectivity index (χ0) is 17.5. The second-order valence-electron chi connectivity index (χ2n) is 5.66. The van der Waals surface area contributed by atoms with Crippen LogP contribution in [0.1, 0.15) is 31.4 Å². The smallest absolute Gasteiger partial charge is 0.161 e. The maximum absolute atomic E-state index is 13.8. The fourth-order valence-electron chi connectivity index (χ4n) is 2.20. The van der Waals surface area contributed by atoms with Crippen LogP contribution in [0.4, 0.5) is 4.39 Å². The fraction of sp³-hybridized carbons (Fsp3) is 0.368. The van der Waals surface area contributed by atoms with Crippen molar-refractivity contribution in [2.75, 3.05) is 7.11 Å². The Labute approximate surface area is 147 Å². The minimum atomic E-state index is -0.379. The first-order valence-electron chi connectivity index (χ1n) is 8.01. The first-order chi connectivity index (χ1) is 11.5. The molecule has 0 fully saturated rings. The van der Waals surface area contributed by atoms with Gasteiger partial charge in [0.2, 0.25) is 0 Å². The van der Waals surface area contributed by atoms with Gasteiger partial charge in [-0.2, -0.15) is 0 Å². The molecule has 5 heteroatoms. The predicted molar refractivity (Wildman–Crippen MR) is 95.3 cm³/mol. The molecule has 0 aliphatic heterocycles. The van der Waals surface area contributed by atoms with Crippen LogP contribution in [0.15, 0.2) is 36.4 Å². The summed E-state index contributed by atoms with van der Waals surface area (Å²) in [6.45, 7) is 5.09. The molecular weight excluding hydrogens is 329 g/mol. The van der Waals surface area contributed by atoms with E-state index in [0.29, 0.717) is 28.1 Å². The van der Waals surface area contributed by atoms with Crippen molar-refractivity contribution >= 4 is 11.6 Å². The lowest BCUT2D eigenvalue weighted by molar-refractivity contribution is 0.279. The maximum atomic E-state index is 13.8. The van der Waals surface area contributed by atoms with Crippen LogP contribution in [0.5, 0.6) is 11.5 Å². The summed E-state index contributed by atoms with van der Waals surface area (Å²) in [6, 6.07) is 10.8. The minimum absolute atomic E-state index is 0.0479. The molecule has 0 spiro atoms. The van der Waals surface area contributed by atoms with Crippen LogP contribution in [0.2, 0.25) is 5.02 Å². The van der Waals surface area contributed by atoms with Gasteiger partial charge in [-0.15, -0.1) is 0 Å². The van der Waals surface area contributed by atoms with Crippen LogP contribution in [0, 0.1) is 5.82 Å². The van der Waals surface area contributed by atoms with Crippen molar-refractivity contribution in [3.63, 3.8) is 0 Å². The van der Waals surface area contributed by atoms with Crippen LogP contribution in [0.25, 0.3) is 0 Å². The highest BCUT2D eigenvalue weighted by molar-refractivity contribution is 6.31. The Balaban J connectivity index is 2.07. The average molecular weight is 352 g/mol. The van der Waals surface area contributed by atoms with Gasteiger partial charge in [-0.25, -0.2) is 4.39 Å². The second-order valence-corrected chi connectivity index (χ2v) is 6.07. The summed E-state index contributed by atoms with van der Waals surface area (Å²) in [5.74, 6) is 0.797. The zero-order valence-corrected chi connectivity index (χ0v) is 15.0. The Morgan fingerprint density at radius 3 is 2.67 bits per heavy atom. The minimum Gasteiger partial charge on any atom is -0.493 e. The molecule has 3 nitrogen and oxygen atoms in total. The van der Waals surface area contributed by atoms with Gasteiger partial charge in [0, 0.05) is 18.2 Å². The number of nitrogens with one attached hydrogen (secondary N) is 1. The van der Waals surface area contributed by atoms with Gasteiger partial charge in [-0.3, -0.25) is 0 Å². The summed E-state index contributed by atoms with van der Waals surface area (Å²) in [6.07, 6.45) is 1.07. The Morgan fingerprint density at radius 1 is 1.21 bits per heavy atom. The van der Waals surface area contributed by atoms with E-state index >= 15 is 0 Å². The van der Waals surface area contributed by atoms with Crippen molar-refractivity contribution in [2.45, 2.75) is 39.5 Å². The molecule has 0 bridgehead atoms. The second kappa shape index (κ2) is 8.90. The molecule has 24 heavy (non-hydrogen) atoms. The van der Waals surface area contributed by atoms with E-state index in [1.807, 2.05) is 18.2 Å². The van der Waals surface area contributed by atoms with E-state index in [4.69, 9.17) is 21.1 Å². The molecule has 0 unspecified atom stereocenters. The number of hydrogen-bond donors (Lipinski definition) is 1. The van der Waals surface area contributed by atoms with Gasteiger partial charge in [0.05, 0.1) is 12.1 Å². The third kappa shape index (κ3) is 4.86. The summed E-state index contributed by atoms with van der Waals surface area (Å²) in [4.78, 5) is 0. The van der Waals surface area contributed by atoms with Crippen molar-refractivity contribution < 1.29 is 13.9 Å². The number of methoxy groups -OCH3 is 1. The molecule has 0 aliphatic rings.